The summed E-state index contributed by atoms with van der Waals surface area (Å²) in [5.74, 6) is 0. The summed E-state index contributed by atoms with van der Waals surface area (Å²) in [6.45, 7) is 0.137. The SMILES string of the molecule is NC[C@@H](O)c1c[nH]c2ncnc(Cl)c12. The highest BCUT2D eigenvalue weighted by Gasteiger charge is 2.14. The number of fused-ring (bicyclic) bond motifs is 1. The molecule has 1 atom stereocenters. The highest BCUT2D eigenvalue weighted by Crippen LogP contribution is 2.26. The van der Waals surface area contributed by atoms with Crippen molar-refractivity contribution in [2.24, 2.45) is 5.73 Å². The minimum Gasteiger partial charge on any atom is -0.387 e. The lowest BCUT2D eigenvalue weighted by Gasteiger charge is -2.05. The van der Waals surface area contributed by atoms with E-state index in [-0.39, 0.29) is 6.54 Å². The van der Waals surface area contributed by atoms with Crippen molar-refractivity contribution >= 4 is 22.6 Å². The van der Waals surface area contributed by atoms with E-state index in [0.717, 1.165) is 0 Å². The molecule has 0 aromatic carbocycles. The van der Waals surface area contributed by atoms with Gasteiger partial charge in [-0.05, 0) is 0 Å². The Labute approximate surface area is 84.9 Å². The maximum Gasteiger partial charge on any atom is 0.142 e. The molecule has 0 aliphatic heterocycles. The monoisotopic (exact) mass is 212 g/mol. The molecule has 74 valence electrons. The normalized spacial score (nSPS) is 13.4. The molecule has 4 N–H and O–H groups in total. The van der Waals surface area contributed by atoms with Gasteiger partial charge in [-0.15, -0.1) is 0 Å². The largest absolute Gasteiger partial charge is 0.387 e. The Bertz CT molecular complexity index is 456. The Balaban J connectivity index is 2.67. The smallest absolute Gasteiger partial charge is 0.142 e. The van der Waals surface area contributed by atoms with Crippen molar-refractivity contribution in [2.75, 3.05) is 6.54 Å². The molecule has 0 spiro atoms. The summed E-state index contributed by atoms with van der Waals surface area (Å²) in [4.78, 5) is 10.7. The second kappa shape index (κ2) is 3.53. The van der Waals surface area contributed by atoms with Crippen LogP contribution < -0.4 is 5.73 Å². The summed E-state index contributed by atoms with van der Waals surface area (Å²) < 4.78 is 0. The van der Waals surface area contributed by atoms with Crippen molar-refractivity contribution in [3.05, 3.63) is 23.2 Å². The second-order valence-electron chi connectivity index (χ2n) is 2.88. The number of nitrogens with two attached hydrogens (primary N) is 1. The van der Waals surface area contributed by atoms with Gasteiger partial charge in [-0.1, -0.05) is 11.6 Å². The third kappa shape index (κ3) is 1.35. The number of hydrogen-bond donors (Lipinski definition) is 3. The summed E-state index contributed by atoms with van der Waals surface area (Å²) >= 11 is 5.88. The fourth-order valence-electron chi connectivity index (χ4n) is 1.34. The third-order valence-corrected chi connectivity index (χ3v) is 2.32. The third-order valence-electron chi connectivity index (χ3n) is 2.04. The standard InChI is InChI=1S/C8H9ClN4O/c9-7-6-4(5(14)1-10)2-11-8(6)13-3-12-7/h2-3,5,14H,1,10H2,(H,11,12,13)/t5-/m1/s1. The van der Waals surface area contributed by atoms with Crippen molar-refractivity contribution in [2.45, 2.75) is 6.10 Å². The van der Waals surface area contributed by atoms with Gasteiger partial charge in [0, 0.05) is 18.3 Å². The molecule has 0 bridgehead atoms. The molecule has 0 aliphatic carbocycles. The summed E-state index contributed by atoms with van der Waals surface area (Å²) in [7, 11) is 0. The number of aromatic amines is 1. The minimum absolute atomic E-state index is 0.137. The van der Waals surface area contributed by atoms with Crippen LogP contribution in [0.15, 0.2) is 12.5 Å². The van der Waals surface area contributed by atoms with E-state index < -0.39 is 6.10 Å². The number of nitrogens with one attached hydrogen (secondary N) is 1. The zero-order chi connectivity index (χ0) is 10.1. The molecule has 6 heteroatoms. The summed E-state index contributed by atoms with van der Waals surface area (Å²) in [6.07, 6.45) is 2.26. The van der Waals surface area contributed by atoms with E-state index in [0.29, 0.717) is 21.7 Å². The van der Waals surface area contributed by atoms with E-state index in [1.807, 2.05) is 0 Å². The number of aliphatic hydroxyl groups excluding tert-OH is 1. The quantitative estimate of drug-likeness (QED) is 0.637. The van der Waals surface area contributed by atoms with E-state index in [1.54, 1.807) is 6.20 Å². The lowest BCUT2D eigenvalue weighted by Crippen LogP contribution is -2.11. The Morgan fingerprint density at radius 2 is 2.36 bits per heavy atom. The first-order valence-electron chi connectivity index (χ1n) is 4.09. The first-order valence-corrected chi connectivity index (χ1v) is 4.47. The molecule has 0 fully saturated rings. The maximum absolute atomic E-state index is 9.58. The number of H-pyrrole nitrogens is 1. The van der Waals surface area contributed by atoms with E-state index in [9.17, 15) is 5.11 Å². The second-order valence-corrected chi connectivity index (χ2v) is 3.24. The van der Waals surface area contributed by atoms with Gasteiger partial charge in [-0.3, -0.25) is 0 Å². The Morgan fingerprint density at radius 3 is 3.07 bits per heavy atom. The van der Waals surface area contributed by atoms with Gasteiger partial charge in [-0.25, -0.2) is 9.97 Å². The average Bonchev–Trinajstić information content (AvgIpc) is 2.62. The Morgan fingerprint density at radius 1 is 1.57 bits per heavy atom. The first kappa shape index (κ1) is 9.39. The van der Waals surface area contributed by atoms with Crippen molar-refractivity contribution < 1.29 is 5.11 Å². The van der Waals surface area contributed by atoms with Crippen LogP contribution in [0.4, 0.5) is 0 Å². The molecule has 2 heterocycles. The molecule has 0 amide bonds. The van der Waals surface area contributed by atoms with Gasteiger partial charge in [0.1, 0.15) is 17.1 Å². The number of rotatable bonds is 2. The van der Waals surface area contributed by atoms with Crippen LogP contribution in [0.2, 0.25) is 5.15 Å². The van der Waals surface area contributed by atoms with Crippen LogP contribution in [0.5, 0.6) is 0 Å². The molecule has 0 aliphatic rings. The average molecular weight is 213 g/mol. The first-order chi connectivity index (χ1) is 6.74. The summed E-state index contributed by atoms with van der Waals surface area (Å²) in [5.41, 5.74) is 6.59. The number of halogens is 1. The van der Waals surface area contributed by atoms with Crippen LogP contribution >= 0.6 is 11.6 Å². The van der Waals surface area contributed by atoms with Crippen molar-refractivity contribution in [3.63, 3.8) is 0 Å². The molecule has 5 nitrogen and oxygen atoms in total. The van der Waals surface area contributed by atoms with E-state index >= 15 is 0 Å². The fraction of sp³-hybridized carbons (Fsp3) is 0.250. The predicted octanol–water partition coefficient (Wildman–Crippen LogP) is 0.603. The highest BCUT2D eigenvalue weighted by atomic mass is 35.5. The molecule has 2 rings (SSSR count). The van der Waals surface area contributed by atoms with E-state index in [1.165, 1.54) is 6.33 Å². The van der Waals surface area contributed by atoms with E-state index in [4.69, 9.17) is 17.3 Å². The molecule has 0 saturated heterocycles. The highest BCUT2D eigenvalue weighted by molar-refractivity contribution is 6.34. The molecular formula is C8H9ClN4O. The maximum atomic E-state index is 9.58. The number of nitrogens with zero attached hydrogens (tertiary/aromatic N) is 2. The van der Waals surface area contributed by atoms with Gasteiger partial charge >= 0.3 is 0 Å². The van der Waals surface area contributed by atoms with Crippen LogP contribution in [-0.2, 0) is 0 Å². The van der Waals surface area contributed by atoms with Crippen LogP contribution in [0.1, 0.15) is 11.7 Å². The number of aliphatic hydroxyl groups is 1. The van der Waals surface area contributed by atoms with Crippen LogP contribution in [-0.4, -0.2) is 26.6 Å². The van der Waals surface area contributed by atoms with Gasteiger partial charge in [0.2, 0.25) is 0 Å². The predicted molar refractivity (Wildman–Crippen MR) is 52.9 cm³/mol. The minimum atomic E-state index is -0.743. The molecule has 2 aromatic heterocycles. The molecule has 2 aromatic rings. The topological polar surface area (TPSA) is 87.8 Å². The van der Waals surface area contributed by atoms with Gasteiger partial charge in [-0.2, -0.15) is 0 Å². The fourth-order valence-corrected chi connectivity index (χ4v) is 1.58. The molecule has 0 radical (unpaired) electrons. The van der Waals surface area contributed by atoms with Crippen molar-refractivity contribution in [3.8, 4) is 0 Å². The van der Waals surface area contributed by atoms with Gasteiger partial charge in [0.05, 0.1) is 11.5 Å². The molecule has 14 heavy (non-hydrogen) atoms. The summed E-state index contributed by atoms with van der Waals surface area (Å²) in [5, 5.41) is 10.5. The summed E-state index contributed by atoms with van der Waals surface area (Å²) in [6, 6.07) is 0. The van der Waals surface area contributed by atoms with Crippen LogP contribution in [0, 0.1) is 0 Å². The van der Waals surface area contributed by atoms with Crippen LogP contribution in [0.25, 0.3) is 11.0 Å². The number of aromatic nitrogens is 3. The molecule has 0 unspecified atom stereocenters. The van der Waals surface area contributed by atoms with E-state index in [2.05, 4.69) is 15.0 Å². The lowest BCUT2D eigenvalue weighted by atomic mass is 10.1. The van der Waals surface area contributed by atoms with Gasteiger partial charge in [0.15, 0.2) is 0 Å². The number of hydrogen-bond acceptors (Lipinski definition) is 4. The van der Waals surface area contributed by atoms with Crippen molar-refractivity contribution in [1.82, 2.24) is 15.0 Å². The molecular weight excluding hydrogens is 204 g/mol. The lowest BCUT2D eigenvalue weighted by molar-refractivity contribution is 0.188. The zero-order valence-corrected chi connectivity index (χ0v) is 7.99. The Hall–Kier alpha value is -1.17. The van der Waals surface area contributed by atoms with Gasteiger partial charge in [0.25, 0.3) is 0 Å². The Kier molecular flexibility index (Phi) is 2.37. The van der Waals surface area contributed by atoms with Crippen molar-refractivity contribution in [1.29, 1.82) is 0 Å². The zero-order valence-electron chi connectivity index (χ0n) is 7.24. The molecule has 0 saturated carbocycles. The van der Waals surface area contributed by atoms with Gasteiger partial charge < -0.3 is 15.8 Å². The van der Waals surface area contributed by atoms with Crippen LogP contribution in [0.3, 0.4) is 0 Å².